The molecule has 1 aromatic rings. The highest BCUT2D eigenvalue weighted by Gasteiger charge is 2.23. The molecule has 0 saturated heterocycles. The van der Waals surface area contributed by atoms with Gasteiger partial charge in [-0.25, -0.2) is 0 Å². The van der Waals surface area contributed by atoms with Crippen LogP contribution in [0, 0.1) is 3.57 Å². The zero-order valence-electron chi connectivity index (χ0n) is 9.99. The molecule has 0 aliphatic heterocycles. The summed E-state index contributed by atoms with van der Waals surface area (Å²) < 4.78 is 1.23. The van der Waals surface area contributed by atoms with Crippen molar-refractivity contribution in [3.8, 4) is 0 Å². The van der Waals surface area contributed by atoms with E-state index in [1.165, 1.54) is 34.9 Å². The summed E-state index contributed by atoms with van der Waals surface area (Å²) in [5.74, 6) is 0.688. The van der Waals surface area contributed by atoms with Crippen LogP contribution >= 0.6 is 22.6 Å². The van der Waals surface area contributed by atoms with Crippen LogP contribution in [-0.2, 0) is 0 Å². The Morgan fingerprint density at radius 3 is 2.38 bits per heavy atom. The van der Waals surface area contributed by atoms with Crippen molar-refractivity contribution >= 4 is 22.6 Å². The molecule has 0 unspecified atom stereocenters. The molecule has 0 N–H and O–H groups in total. The Morgan fingerprint density at radius 1 is 1.19 bits per heavy atom. The molecule has 16 heavy (non-hydrogen) atoms. The summed E-state index contributed by atoms with van der Waals surface area (Å²) in [7, 11) is 4.38. The zero-order chi connectivity index (χ0) is 11.5. The Kier molecular flexibility index (Phi) is 4.19. The lowest BCUT2D eigenvalue weighted by Gasteiger charge is -2.32. The topological polar surface area (TPSA) is 16.1 Å². The SMILES string of the molecule is CN(C)C1CCC(c2ccc(I)cn2)CC1. The van der Waals surface area contributed by atoms with Crippen LogP contribution in [0.3, 0.4) is 0 Å². The minimum atomic E-state index is 0.688. The van der Waals surface area contributed by atoms with Crippen LogP contribution in [0.5, 0.6) is 0 Å². The molecule has 0 bridgehead atoms. The molecule has 0 amide bonds. The summed E-state index contributed by atoms with van der Waals surface area (Å²) in [6, 6.07) is 5.14. The number of nitrogens with zero attached hydrogens (tertiary/aromatic N) is 2. The molecule has 88 valence electrons. The average Bonchev–Trinajstić information content (AvgIpc) is 2.30. The summed E-state index contributed by atoms with van der Waals surface area (Å²) in [5, 5.41) is 0. The standard InChI is InChI=1S/C13H19IN2/c1-16(2)12-6-3-10(4-7-12)13-8-5-11(14)9-15-13/h5,8-10,12H,3-4,6-7H2,1-2H3. The molecule has 2 nitrogen and oxygen atoms in total. The molecule has 0 radical (unpaired) electrons. The molecular formula is C13H19IN2. The van der Waals surface area contributed by atoms with Crippen molar-refractivity contribution in [3.05, 3.63) is 27.6 Å². The first-order valence-electron chi connectivity index (χ1n) is 5.94. The number of aromatic nitrogens is 1. The van der Waals surface area contributed by atoms with Gasteiger partial charge in [-0.3, -0.25) is 4.98 Å². The van der Waals surface area contributed by atoms with Crippen LogP contribution in [-0.4, -0.2) is 30.0 Å². The van der Waals surface area contributed by atoms with E-state index in [1.807, 2.05) is 6.20 Å². The zero-order valence-corrected chi connectivity index (χ0v) is 12.1. The summed E-state index contributed by atoms with van der Waals surface area (Å²) in [6.45, 7) is 0. The number of hydrogen-bond donors (Lipinski definition) is 0. The van der Waals surface area contributed by atoms with Gasteiger partial charge in [0, 0.05) is 27.4 Å². The highest BCUT2D eigenvalue weighted by Crippen LogP contribution is 2.33. The lowest BCUT2D eigenvalue weighted by molar-refractivity contribution is 0.215. The molecule has 1 aliphatic carbocycles. The maximum Gasteiger partial charge on any atom is 0.0435 e. The third kappa shape index (κ3) is 2.94. The molecule has 1 saturated carbocycles. The van der Waals surface area contributed by atoms with Gasteiger partial charge in [0.1, 0.15) is 0 Å². The van der Waals surface area contributed by atoms with E-state index in [2.05, 4.69) is 58.7 Å². The van der Waals surface area contributed by atoms with Gasteiger partial charge < -0.3 is 4.90 Å². The molecule has 1 aliphatic rings. The van der Waals surface area contributed by atoms with Crippen LogP contribution in [0.4, 0.5) is 0 Å². The van der Waals surface area contributed by atoms with Gasteiger partial charge in [-0.05, 0) is 74.5 Å². The van der Waals surface area contributed by atoms with Gasteiger partial charge in [-0.15, -0.1) is 0 Å². The molecule has 2 rings (SSSR count). The van der Waals surface area contributed by atoms with Gasteiger partial charge in [-0.2, -0.15) is 0 Å². The molecule has 1 heterocycles. The maximum atomic E-state index is 4.55. The Morgan fingerprint density at radius 2 is 1.88 bits per heavy atom. The largest absolute Gasteiger partial charge is 0.306 e. The maximum absolute atomic E-state index is 4.55. The molecule has 1 fully saturated rings. The van der Waals surface area contributed by atoms with Crippen LogP contribution < -0.4 is 0 Å². The normalized spacial score (nSPS) is 26.0. The first-order chi connectivity index (χ1) is 7.66. The number of hydrogen-bond acceptors (Lipinski definition) is 2. The van der Waals surface area contributed by atoms with E-state index in [4.69, 9.17) is 0 Å². The van der Waals surface area contributed by atoms with Crippen molar-refractivity contribution in [1.82, 2.24) is 9.88 Å². The lowest BCUT2D eigenvalue weighted by atomic mass is 9.83. The highest BCUT2D eigenvalue weighted by atomic mass is 127. The molecule has 0 atom stereocenters. The number of rotatable bonds is 2. The van der Waals surface area contributed by atoms with Crippen molar-refractivity contribution < 1.29 is 0 Å². The summed E-state index contributed by atoms with van der Waals surface area (Å²) in [5.41, 5.74) is 1.29. The highest BCUT2D eigenvalue weighted by molar-refractivity contribution is 14.1. The quantitative estimate of drug-likeness (QED) is 0.774. The second-order valence-corrected chi connectivity index (χ2v) is 6.12. The van der Waals surface area contributed by atoms with E-state index in [1.54, 1.807) is 0 Å². The second-order valence-electron chi connectivity index (χ2n) is 4.87. The van der Waals surface area contributed by atoms with Gasteiger partial charge in [-0.1, -0.05) is 0 Å². The van der Waals surface area contributed by atoms with Crippen LogP contribution in [0.25, 0.3) is 0 Å². The predicted octanol–water partition coefficient (Wildman–Crippen LogP) is 3.27. The predicted molar refractivity (Wildman–Crippen MR) is 75.6 cm³/mol. The average molecular weight is 330 g/mol. The van der Waals surface area contributed by atoms with E-state index in [0.29, 0.717) is 5.92 Å². The van der Waals surface area contributed by atoms with Crippen LogP contribution in [0.1, 0.15) is 37.3 Å². The van der Waals surface area contributed by atoms with Gasteiger partial charge >= 0.3 is 0 Å². The number of pyridine rings is 1. The first-order valence-corrected chi connectivity index (χ1v) is 7.02. The Hall–Kier alpha value is -0.160. The van der Waals surface area contributed by atoms with Crippen molar-refractivity contribution in [2.24, 2.45) is 0 Å². The summed E-state index contributed by atoms with van der Waals surface area (Å²) >= 11 is 2.31. The minimum absolute atomic E-state index is 0.688. The summed E-state index contributed by atoms with van der Waals surface area (Å²) in [6.07, 6.45) is 7.18. The molecular weight excluding hydrogens is 311 g/mol. The van der Waals surface area contributed by atoms with Crippen LogP contribution in [0.2, 0.25) is 0 Å². The lowest BCUT2D eigenvalue weighted by Crippen LogP contribution is -2.31. The third-order valence-corrected chi connectivity index (χ3v) is 4.23. The van der Waals surface area contributed by atoms with E-state index < -0.39 is 0 Å². The van der Waals surface area contributed by atoms with Gasteiger partial charge in [0.25, 0.3) is 0 Å². The third-order valence-electron chi connectivity index (χ3n) is 3.60. The first kappa shape index (κ1) is 12.3. The fourth-order valence-corrected chi connectivity index (χ4v) is 2.84. The molecule has 1 aromatic heterocycles. The Bertz CT molecular complexity index is 326. The van der Waals surface area contributed by atoms with E-state index in [9.17, 15) is 0 Å². The van der Waals surface area contributed by atoms with Gasteiger partial charge in [0.15, 0.2) is 0 Å². The van der Waals surface area contributed by atoms with Gasteiger partial charge in [0.2, 0.25) is 0 Å². The van der Waals surface area contributed by atoms with E-state index in [-0.39, 0.29) is 0 Å². The minimum Gasteiger partial charge on any atom is -0.306 e. The Balaban J connectivity index is 1.96. The van der Waals surface area contributed by atoms with Crippen LogP contribution in [0.15, 0.2) is 18.3 Å². The molecule has 3 heteroatoms. The van der Waals surface area contributed by atoms with Crippen molar-refractivity contribution in [3.63, 3.8) is 0 Å². The van der Waals surface area contributed by atoms with Gasteiger partial charge in [0.05, 0.1) is 0 Å². The number of halogens is 1. The monoisotopic (exact) mass is 330 g/mol. The van der Waals surface area contributed by atoms with Crippen molar-refractivity contribution in [2.45, 2.75) is 37.6 Å². The smallest absolute Gasteiger partial charge is 0.0435 e. The Labute approximate surface area is 112 Å². The van der Waals surface area contributed by atoms with Crippen molar-refractivity contribution in [1.29, 1.82) is 0 Å². The molecule has 0 aromatic carbocycles. The van der Waals surface area contributed by atoms with E-state index >= 15 is 0 Å². The van der Waals surface area contributed by atoms with E-state index in [0.717, 1.165) is 6.04 Å². The summed E-state index contributed by atoms with van der Waals surface area (Å²) in [4.78, 5) is 6.91. The van der Waals surface area contributed by atoms with Crippen molar-refractivity contribution in [2.75, 3.05) is 14.1 Å². The fraction of sp³-hybridized carbons (Fsp3) is 0.615. The second kappa shape index (κ2) is 5.45. The fourth-order valence-electron chi connectivity index (χ4n) is 2.52. The molecule has 0 spiro atoms.